The molecule has 0 N–H and O–H groups in total. The third-order valence-corrected chi connectivity index (χ3v) is 15.0. The molecule has 0 aromatic heterocycles. The molecule has 7 heteroatoms. The molecule has 0 fully saturated rings. The maximum absolute atomic E-state index is 6.48. The number of hydrogen-bond acceptors (Lipinski definition) is 4. The van der Waals surface area contributed by atoms with Crippen LogP contribution < -0.4 is 0 Å². The second kappa shape index (κ2) is 8.65. The van der Waals surface area contributed by atoms with Gasteiger partial charge in [0.05, 0.1) is 0 Å². The van der Waals surface area contributed by atoms with Crippen molar-refractivity contribution in [1.29, 1.82) is 0 Å². The predicted molar refractivity (Wildman–Crippen MR) is 101 cm³/mol. The molecule has 0 heterocycles. The first-order valence-corrected chi connectivity index (χ1v) is 17.5. The first-order valence-electron chi connectivity index (χ1n) is 7.16. The van der Waals surface area contributed by atoms with E-state index in [1.807, 2.05) is 0 Å². The summed E-state index contributed by atoms with van der Waals surface area (Å²) in [6, 6.07) is 2.35. The Morgan fingerprint density at radius 1 is 0.684 bits per heavy atom. The van der Waals surface area contributed by atoms with Gasteiger partial charge >= 0.3 is 8.56 Å². The van der Waals surface area contributed by atoms with Crippen molar-refractivity contribution in [2.75, 3.05) is 11.5 Å². The summed E-state index contributed by atoms with van der Waals surface area (Å²) < 4.78 is 13.0. The Balaban J connectivity index is 4.44. The molecule has 0 aromatic rings. The van der Waals surface area contributed by atoms with Crippen LogP contribution in [0.3, 0.4) is 0 Å². The largest absolute Gasteiger partial charge is 0.437 e. The molecular weight excluding hydrogens is 325 g/mol. The third-order valence-electron chi connectivity index (χ3n) is 2.92. The Bertz CT molecular complexity index is 237. The fraction of sp³-hybridized carbons (Fsp3) is 1.00. The van der Waals surface area contributed by atoms with Gasteiger partial charge in [-0.2, -0.15) is 25.3 Å². The van der Waals surface area contributed by atoms with Gasteiger partial charge in [0.1, 0.15) is 0 Å². The monoisotopic (exact) mass is 356 g/mol. The minimum absolute atomic E-state index is 0.949. The summed E-state index contributed by atoms with van der Waals surface area (Å²) in [6.07, 6.45) is 2.29. The molecular formula is C12H32O2S2Si3. The maximum Gasteiger partial charge on any atom is 0.311 e. The van der Waals surface area contributed by atoms with Crippen molar-refractivity contribution in [3.05, 3.63) is 0 Å². The van der Waals surface area contributed by atoms with E-state index >= 15 is 0 Å². The molecule has 0 spiro atoms. The molecule has 2 nitrogen and oxygen atoms in total. The van der Waals surface area contributed by atoms with Gasteiger partial charge in [-0.3, -0.25) is 0 Å². The van der Waals surface area contributed by atoms with Gasteiger partial charge < -0.3 is 8.23 Å². The van der Waals surface area contributed by atoms with E-state index in [2.05, 4.69) is 64.5 Å². The molecule has 0 radical (unpaired) electrons. The van der Waals surface area contributed by atoms with Gasteiger partial charge in [-0.25, -0.2) is 0 Å². The summed E-state index contributed by atoms with van der Waals surface area (Å²) in [4.78, 5) is 0. The third kappa shape index (κ3) is 10.6. The van der Waals surface area contributed by atoms with Crippen LogP contribution in [0.1, 0.15) is 12.8 Å². The summed E-state index contributed by atoms with van der Waals surface area (Å²) >= 11 is 8.60. The first kappa shape index (κ1) is 20.3. The van der Waals surface area contributed by atoms with E-state index in [1.54, 1.807) is 0 Å². The van der Waals surface area contributed by atoms with Gasteiger partial charge in [0.15, 0.2) is 16.6 Å². The zero-order valence-corrected chi connectivity index (χ0v) is 18.2. The summed E-state index contributed by atoms with van der Waals surface area (Å²) in [7, 11) is -5.19. The van der Waals surface area contributed by atoms with Crippen molar-refractivity contribution in [2.24, 2.45) is 0 Å². The van der Waals surface area contributed by atoms with E-state index in [0.29, 0.717) is 0 Å². The van der Waals surface area contributed by atoms with Crippen LogP contribution in [0.5, 0.6) is 0 Å². The van der Waals surface area contributed by atoms with Crippen molar-refractivity contribution >= 4 is 50.5 Å². The highest BCUT2D eigenvalue weighted by Gasteiger charge is 2.38. The molecule has 0 bridgehead atoms. The molecule has 0 rings (SSSR count). The Morgan fingerprint density at radius 3 is 1.26 bits per heavy atom. The van der Waals surface area contributed by atoms with Crippen LogP contribution in [0.15, 0.2) is 0 Å². The smallest absolute Gasteiger partial charge is 0.311 e. The highest BCUT2D eigenvalue weighted by atomic mass is 32.1. The molecule has 0 aliphatic carbocycles. The van der Waals surface area contributed by atoms with Crippen molar-refractivity contribution in [3.63, 3.8) is 0 Å². The SMILES string of the molecule is C[Si](C)(CCCS)O[Si](C)(C)O[Si](C)(C)CCCS. The lowest BCUT2D eigenvalue weighted by Crippen LogP contribution is -2.52. The zero-order valence-electron chi connectivity index (χ0n) is 13.5. The zero-order chi connectivity index (χ0) is 15.2. The van der Waals surface area contributed by atoms with Crippen molar-refractivity contribution in [1.82, 2.24) is 0 Å². The standard InChI is InChI=1S/C12H32O2S2Si3/c1-17(2,11-7-9-15)13-19(5,6)14-18(3,4)12-8-10-16/h15-16H,7-12H2,1-6H3. The van der Waals surface area contributed by atoms with Crippen molar-refractivity contribution in [2.45, 2.75) is 64.2 Å². The van der Waals surface area contributed by atoms with E-state index < -0.39 is 25.2 Å². The van der Waals surface area contributed by atoms with Gasteiger partial charge in [0, 0.05) is 0 Å². The molecule has 0 unspecified atom stereocenters. The molecule has 0 aliphatic rings. The highest BCUT2D eigenvalue weighted by molar-refractivity contribution is 7.80. The average Bonchev–Trinajstić information content (AvgIpc) is 2.20. The van der Waals surface area contributed by atoms with Crippen LogP contribution in [-0.4, -0.2) is 36.7 Å². The van der Waals surface area contributed by atoms with Crippen LogP contribution in [0.25, 0.3) is 0 Å². The van der Waals surface area contributed by atoms with Crippen LogP contribution in [0, 0.1) is 0 Å². The van der Waals surface area contributed by atoms with Gasteiger partial charge in [0.25, 0.3) is 0 Å². The lowest BCUT2D eigenvalue weighted by atomic mass is 10.6. The van der Waals surface area contributed by atoms with E-state index in [4.69, 9.17) is 8.23 Å². The van der Waals surface area contributed by atoms with Crippen LogP contribution in [0.2, 0.25) is 51.4 Å². The Labute approximate surface area is 134 Å². The quantitative estimate of drug-likeness (QED) is 0.434. The Kier molecular flexibility index (Phi) is 9.23. The van der Waals surface area contributed by atoms with E-state index in [0.717, 1.165) is 24.3 Å². The van der Waals surface area contributed by atoms with Gasteiger partial charge in [0.2, 0.25) is 0 Å². The fourth-order valence-electron chi connectivity index (χ4n) is 2.46. The predicted octanol–water partition coefficient (Wildman–Crippen LogP) is 4.77. The van der Waals surface area contributed by atoms with Crippen molar-refractivity contribution in [3.8, 4) is 0 Å². The number of rotatable bonds is 10. The normalized spacial score (nSPS) is 13.9. The van der Waals surface area contributed by atoms with Crippen LogP contribution >= 0.6 is 25.3 Å². The fourth-order valence-corrected chi connectivity index (χ4v) is 17.4. The topological polar surface area (TPSA) is 18.5 Å². The van der Waals surface area contributed by atoms with Crippen LogP contribution in [-0.2, 0) is 8.23 Å². The molecule has 116 valence electrons. The molecule has 19 heavy (non-hydrogen) atoms. The van der Waals surface area contributed by atoms with Crippen molar-refractivity contribution < 1.29 is 8.23 Å². The molecule has 0 atom stereocenters. The summed E-state index contributed by atoms with van der Waals surface area (Å²) in [5.41, 5.74) is 0. The van der Waals surface area contributed by atoms with E-state index in [-0.39, 0.29) is 0 Å². The molecule has 0 aliphatic heterocycles. The number of thiol groups is 2. The average molecular weight is 357 g/mol. The minimum atomic E-state index is -2.00. The first-order chi connectivity index (χ1) is 8.54. The highest BCUT2D eigenvalue weighted by Crippen LogP contribution is 2.26. The minimum Gasteiger partial charge on any atom is -0.437 e. The van der Waals surface area contributed by atoms with E-state index in [1.165, 1.54) is 12.1 Å². The molecule has 0 saturated heterocycles. The molecule has 0 aromatic carbocycles. The summed E-state index contributed by atoms with van der Waals surface area (Å²) in [6.45, 7) is 13.6. The number of hydrogen-bond donors (Lipinski definition) is 2. The maximum atomic E-state index is 6.48. The van der Waals surface area contributed by atoms with Gasteiger partial charge in [-0.05, 0) is 75.7 Å². The second-order valence-electron chi connectivity index (χ2n) is 6.78. The molecule has 0 amide bonds. The lowest BCUT2D eigenvalue weighted by Gasteiger charge is -2.38. The molecule has 0 saturated carbocycles. The Morgan fingerprint density at radius 2 is 1.00 bits per heavy atom. The summed E-state index contributed by atoms with van der Waals surface area (Å²) in [5.74, 6) is 1.90. The van der Waals surface area contributed by atoms with E-state index in [9.17, 15) is 0 Å². The lowest BCUT2D eigenvalue weighted by molar-refractivity contribution is 0.388. The van der Waals surface area contributed by atoms with Gasteiger partial charge in [-0.15, -0.1) is 0 Å². The van der Waals surface area contributed by atoms with Gasteiger partial charge in [-0.1, -0.05) is 0 Å². The second-order valence-corrected chi connectivity index (χ2v) is 20.1. The summed E-state index contributed by atoms with van der Waals surface area (Å²) in [5, 5.41) is 0. The van der Waals surface area contributed by atoms with Crippen LogP contribution in [0.4, 0.5) is 0 Å². The Hall–Kier alpha value is 1.27.